The number of benzene rings is 1. The smallest absolute Gasteiger partial charge is 0.140 e. The molecule has 0 aliphatic heterocycles. The summed E-state index contributed by atoms with van der Waals surface area (Å²) in [6.07, 6.45) is 3.24. The first-order valence-corrected chi connectivity index (χ1v) is 9.11. The number of hydrogen-bond donors (Lipinski definition) is 1. The maximum Gasteiger partial charge on any atom is 0.140 e. The van der Waals surface area contributed by atoms with Crippen molar-refractivity contribution in [3.63, 3.8) is 0 Å². The van der Waals surface area contributed by atoms with Crippen molar-refractivity contribution < 1.29 is 4.74 Å². The molecule has 2 nitrogen and oxygen atoms in total. The highest BCUT2D eigenvalue weighted by Gasteiger charge is 2.11. The fraction of sp³-hybridized carbons (Fsp3) is 0.529. The first kappa shape index (κ1) is 18.7. The Morgan fingerprint density at radius 2 is 2.00 bits per heavy atom. The lowest BCUT2D eigenvalue weighted by Crippen LogP contribution is -2.18. The molecule has 0 heterocycles. The Kier molecular flexibility index (Phi) is 8.60. The molecule has 0 aliphatic rings. The van der Waals surface area contributed by atoms with Gasteiger partial charge in [0.1, 0.15) is 5.75 Å². The van der Waals surface area contributed by atoms with Crippen LogP contribution in [-0.2, 0) is 0 Å². The molecule has 21 heavy (non-hydrogen) atoms. The fourth-order valence-electron chi connectivity index (χ4n) is 1.93. The van der Waals surface area contributed by atoms with E-state index in [1.165, 1.54) is 5.57 Å². The third-order valence-electron chi connectivity index (χ3n) is 3.15. The van der Waals surface area contributed by atoms with Crippen LogP contribution >= 0.6 is 31.9 Å². The van der Waals surface area contributed by atoms with Crippen LogP contribution < -0.4 is 10.1 Å². The van der Waals surface area contributed by atoms with Crippen LogP contribution in [0.25, 0.3) is 6.08 Å². The van der Waals surface area contributed by atoms with Crippen molar-refractivity contribution in [2.45, 2.75) is 34.1 Å². The second-order valence-corrected chi connectivity index (χ2v) is 7.08. The van der Waals surface area contributed by atoms with Gasteiger partial charge in [-0.25, -0.2) is 0 Å². The standard InChI is InChI=1S/C17H25Br2NO/c1-5-7-21-17-13(9-15(18)10-16(17)19)8-14(12(3)4)11-20-6-2/h8-10,12,20H,5-7,11H2,1-4H3. The van der Waals surface area contributed by atoms with Crippen molar-refractivity contribution in [3.05, 3.63) is 32.2 Å². The molecular weight excluding hydrogens is 394 g/mol. The van der Waals surface area contributed by atoms with E-state index in [1.54, 1.807) is 0 Å². The number of rotatable bonds is 8. The van der Waals surface area contributed by atoms with Gasteiger partial charge in [0, 0.05) is 16.6 Å². The van der Waals surface area contributed by atoms with E-state index in [-0.39, 0.29) is 0 Å². The van der Waals surface area contributed by atoms with Gasteiger partial charge in [0.05, 0.1) is 11.1 Å². The van der Waals surface area contributed by atoms with Crippen LogP contribution in [0.4, 0.5) is 0 Å². The van der Waals surface area contributed by atoms with E-state index in [0.717, 1.165) is 46.4 Å². The Bertz CT molecular complexity index is 484. The van der Waals surface area contributed by atoms with Crippen molar-refractivity contribution >= 4 is 37.9 Å². The maximum atomic E-state index is 5.92. The zero-order valence-electron chi connectivity index (χ0n) is 13.3. The quantitative estimate of drug-likeness (QED) is 0.588. The minimum Gasteiger partial charge on any atom is -0.492 e. The van der Waals surface area contributed by atoms with Gasteiger partial charge in [-0.3, -0.25) is 0 Å². The summed E-state index contributed by atoms with van der Waals surface area (Å²) in [5.74, 6) is 1.43. The molecular formula is C17H25Br2NO. The Labute approximate surface area is 145 Å². The minimum atomic E-state index is 0.501. The first-order chi connectivity index (χ1) is 9.99. The highest BCUT2D eigenvalue weighted by atomic mass is 79.9. The molecule has 0 atom stereocenters. The third-order valence-corrected chi connectivity index (χ3v) is 4.20. The van der Waals surface area contributed by atoms with Gasteiger partial charge in [-0.2, -0.15) is 0 Å². The lowest BCUT2D eigenvalue weighted by atomic mass is 10.00. The summed E-state index contributed by atoms with van der Waals surface area (Å²) in [4.78, 5) is 0. The van der Waals surface area contributed by atoms with Gasteiger partial charge in [-0.1, -0.05) is 55.3 Å². The van der Waals surface area contributed by atoms with Crippen LogP contribution in [0.1, 0.15) is 39.7 Å². The second kappa shape index (κ2) is 9.65. The van der Waals surface area contributed by atoms with E-state index >= 15 is 0 Å². The Balaban J connectivity index is 3.18. The number of likely N-dealkylation sites (N-methyl/N-ethyl adjacent to an activating group) is 1. The van der Waals surface area contributed by atoms with Gasteiger partial charge < -0.3 is 10.1 Å². The lowest BCUT2D eigenvalue weighted by molar-refractivity contribution is 0.315. The summed E-state index contributed by atoms with van der Waals surface area (Å²) in [5, 5.41) is 3.41. The van der Waals surface area contributed by atoms with Gasteiger partial charge in [-0.05, 0) is 46.9 Å². The molecule has 0 saturated carbocycles. The molecule has 1 aromatic rings. The average molecular weight is 419 g/mol. The highest BCUT2D eigenvalue weighted by molar-refractivity contribution is 9.11. The van der Waals surface area contributed by atoms with E-state index in [0.29, 0.717) is 5.92 Å². The van der Waals surface area contributed by atoms with Crippen molar-refractivity contribution in [1.82, 2.24) is 5.32 Å². The van der Waals surface area contributed by atoms with Crippen molar-refractivity contribution in [3.8, 4) is 5.75 Å². The first-order valence-electron chi connectivity index (χ1n) is 7.52. The third kappa shape index (κ3) is 6.13. The second-order valence-electron chi connectivity index (χ2n) is 5.31. The normalized spacial score (nSPS) is 12.0. The summed E-state index contributed by atoms with van der Waals surface area (Å²) >= 11 is 7.17. The number of ether oxygens (including phenoxy) is 1. The molecule has 0 amide bonds. The predicted molar refractivity (Wildman–Crippen MR) is 99.0 cm³/mol. The van der Waals surface area contributed by atoms with Crippen LogP contribution in [0.2, 0.25) is 0 Å². The zero-order valence-corrected chi connectivity index (χ0v) is 16.5. The van der Waals surface area contributed by atoms with Crippen LogP contribution in [0.15, 0.2) is 26.7 Å². The number of halogens is 2. The van der Waals surface area contributed by atoms with Crippen molar-refractivity contribution in [2.75, 3.05) is 19.7 Å². The highest BCUT2D eigenvalue weighted by Crippen LogP contribution is 2.35. The summed E-state index contributed by atoms with van der Waals surface area (Å²) in [6.45, 7) is 11.3. The molecule has 0 fully saturated rings. The molecule has 0 unspecified atom stereocenters. The molecule has 0 aromatic heterocycles. The zero-order chi connectivity index (χ0) is 15.8. The molecule has 1 N–H and O–H groups in total. The van der Waals surface area contributed by atoms with Crippen LogP contribution in [-0.4, -0.2) is 19.7 Å². The molecule has 0 bridgehead atoms. The van der Waals surface area contributed by atoms with Crippen LogP contribution in [0, 0.1) is 5.92 Å². The van der Waals surface area contributed by atoms with Crippen molar-refractivity contribution in [1.29, 1.82) is 0 Å². The molecule has 0 aliphatic carbocycles. The molecule has 118 valence electrons. The topological polar surface area (TPSA) is 21.3 Å². The van der Waals surface area contributed by atoms with Crippen LogP contribution in [0.3, 0.4) is 0 Å². The Hall–Kier alpha value is -0.320. The van der Waals surface area contributed by atoms with Crippen molar-refractivity contribution in [2.24, 2.45) is 5.92 Å². The van der Waals surface area contributed by atoms with Gasteiger partial charge in [-0.15, -0.1) is 0 Å². The SMILES string of the molecule is CCCOc1c(Br)cc(Br)cc1C=C(CNCC)C(C)C. The van der Waals surface area contributed by atoms with E-state index in [9.17, 15) is 0 Å². The number of nitrogens with one attached hydrogen (secondary N) is 1. The van der Waals surface area contributed by atoms with E-state index in [1.807, 2.05) is 6.07 Å². The maximum absolute atomic E-state index is 5.92. The molecule has 0 saturated heterocycles. The summed E-state index contributed by atoms with van der Waals surface area (Å²) < 4.78 is 7.97. The molecule has 1 aromatic carbocycles. The van der Waals surface area contributed by atoms with Crippen LogP contribution in [0.5, 0.6) is 5.75 Å². The van der Waals surface area contributed by atoms with Gasteiger partial charge >= 0.3 is 0 Å². The monoisotopic (exact) mass is 417 g/mol. The molecule has 1 rings (SSSR count). The summed E-state index contributed by atoms with van der Waals surface area (Å²) in [6, 6.07) is 4.14. The lowest BCUT2D eigenvalue weighted by Gasteiger charge is -2.16. The summed E-state index contributed by atoms with van der Waals surface area (Å²) in [5.41, 5.74) is 2.49. The van der Waals surface area contributed by atoms with Gasteiger partial charge in [0.25, 0.3) is 0 Å². The molecule has 0 spiro atoms. The van der Waals surface area contributed by atoms with Gasteiger partial charge in [0.15, 0.2) is 0 Å². The Morgan fingerprint density at radius 3 is 2.57 bits per heavy atom. The molecule has 4 heteroatoms. The van der Waals surface area contributed by atoms with E-state index in [4.69, 9.17) is 4.74 Å². The minimum absolute atomic E-state index is 0.501. The van der Waals surface area contributed by atoms with E-state index in [2.05, 4.69) is 77.0 Å². The predicted octanol–water partition coefficient (Wildman–Crippen LogP) is 5.65. The van der Waals surface area contributed by atoms with E-state index < -0.39 is 0 Å². The average Bonchev–Trinajstić information content (AvgIpc) is 2.42. The summed E-state index contributed by atoms with van der Waals surface area (Å²) in [7, 11) is 0. The largest absolute Gasteiger partial charge is 0.492 e. The Morgan fingerprint density at radius 1 is 1.29 bits per heavy atom. The number of hydrogen-bond acceptors (Lipinski definition) is 2. The fourth-order valence-corrected chi connectivity index (χ4v) is 3.31. The van der Waals surface area contributed by atoms with Gasteiger partial charge in [0.2, 0.25) is 0 Å². The molecule has 0 radical (unpaired) electrons.